The molecular weight excluding hydrogens is 158 g/mol. The molecule has 1 rings (SSSR count). The molecule has 0 atom stereocenters. The maximum Gasteiger partial charge on any atom is 0.225 e. The lowest BCUT2D eigenvalue weighted by molar-refractivity contribution is -0.119. The van der Waals surface area contributed by atoms with Crippen molar-refractivity contribution < 1.29 is 4.79 Å². The summed E-state index contributed by atoms with van der Waals surface area (Å²) in [5.41, 5.74) is 1.21. The van der Waals surface area contributed by atoms with Gasteiger partial charge in [0.05, 0.1) is 6.42 Å². The topological polar surface area (TPSA) is 29.1 Å². The minimum absolute atomic E-state index is 0.0792. The molecule has 0 saturated carbocycles. The van der Waals surface area contributed by atoms with Crippen LogP contribution in [0, 0.1) is 6.92 Å². The Bertz CT molecular complexity index is 254. The molecule has 0 aliphatic rings. The average molecular weight is 169 g/mol. The minimum atomic E-state index is 0.0792. The molecule has 3 heteroatoms. The summed E-state index contributed by atoms with van der Waals surface area (Å²) in [6.07, 6.45) is 0.514. The first-order valence-corrected chi connectivity index (χ1v) is 4.35. The van der Waals surface area contributed by atoms with Crippen LogP contribution in [0.25, 0.3) is 0 Å². The van der Waals surface area contributed by atoms with Gasteiger partial charge in [0.1, 0.15) is 0 Å². The van der Waals surface area contributed by atoms with Crippen LogP contribution < -0.4 is 5.32 Å². The van der Waals surface area contributed by atoms with Crippen LogP contribution >= 0.6 is 11.3 Å². The van der Waals surface area contributed by atoms with Crippen LogP contribution in [0.15, 0.2) is 11.4 Å². The van der Waals surface area contributed by atoms with E-state index in [0.717, 1.165) is 4.88 Å². The Morgan fingerprint density at radius 3 is 2.91 bits per heavy atom. The molecule has 1 aromatic rings. The summed E-state index contributed by atoms with van der Waals surface area (Å²) < 4.78 is 0. The van der Waals surface area contributed by atoms with E-state index < -0.39 is 0 Å². The van der Waals surface area contributed by atoms with Crippen molar-refractivity contribution in [2.45, 2.75) is 13.3 Å². The third kappa shape index (κ3) is 2.05. The lowest BCUT2D eigenvalue weighted by Crippen LogP contribution is -2.19. The van der Waals surface area contributed by atoms with Crippen molar-refractivity contribution in [1.29, 1.82) is 0 Å². The van der Waals surface area contributed by atoms with Crippen molar-refractivity contribution in [3.63, 3.8) is 0 Å². The van der Waals surface area contributed by atoms with E-state index in [1.54, 1.807) is 18.4 Å². The maximum absolute atomic E-state index is 10.9. The summed E-state index contributed by atoms with van der Waals surface area (Å²) in [5, 5.41) is 4.61. The molecule has 0 unspecified atom stereocenters. The van der Waals surface area contributed by atoms with E-state index in [-0.39, 0.29) is 5.91 Å². The number of amides is 1. The standard InChI is InChI=1S/C8H11NOS/c1-6-3-4-11-7(6)5-8(10)9-2/h3-4H,5H2,1-2H3,(H,9,10). The van der Waals surface area contributed by atoms with Crippen molar-refractivity contribution in [3.05, 3.63) is 21.9 Å². The van der Waals surface area contributed by atoms with Gasteiger partial charge in [0, 0.05) is 11.9 Å². The number of hydrogen-bond donors (Lipinski definition) is 1. The van der Waals surface area contributed by atoms with Gasteiger partial charge in [0.25, 0.3) is 0 Å². The van der Waals surface area contributed by atoms with Crippen LogP contribution in [0.2, 0.25) is 0 Å². The molecule has 0 aliphatic heterocycles. The smallest absolute Gasteiger partial charge is 0.225 e. The number of carbonyl (C=O) groups excluding carboxylic acids is 1. The molecule has 2 nitrogen and oxygen atoms in total. The van der Waals surface area contributed by atoms with Crippen LogP contribution in [0.5, 0.6) is 0 Å². The average Bonchev–Trinajstić information content (AvgIpc) is 2.37. The molecule has 0 aromatic carbocycles. The van der Waals surface area contributed by atoms with Crippen molar-refractivity contribution in [1.82, 2.24) is 5.32 Å². The van der Waals surface area contributed by atoms with E-state index in [9.17, 15) is 4.79 Å². The van der Waals surface area contributed by atoms with E-state index in [1.807, 2.05) is 18.4 Å². The van der Waals surface area contributed by atoms with E-state index in [2.05, 4.69) is 5.32 Å². The summed E-state index contributed by atoms with van der Waals surface area (Å²) in [4.78, 5) is 12.1. The van der Waals surface area contributed by atoms with Gasteiger partial charge in [0.2, 0.25) is 5.91 Å². The summed E-state index contributed by atoms with van der Waals surface area (Å²) >= 11 is 1.63. The van der Waals surface area contributed by atoms with Gasteiger partial charge in [-0.05, 0) is 23.9 Å². The Labute approximate surface area is 70.2 Å². The highest BCUT2D eigenvalue weighted by Crippen LogP contribution is 2.15. The highest BCUT2D eigenvalue weighted by atomic mass is 32.1. The van der Waals surface area contributed by atoms with E-state index >= 15 is 0 Å². The molecule has 1 N–H and O–H groups in total. The SMILES string of the molecule is CNC(=O)Cc1sccc1C. The molecule has 1 heterocycles. The molecule has 0 radical (unpaired) electrons. The lowest BCUT2D eigenvalue weighted by Gasteiger charge is -1.97. The first-order valence-electron chi connectivity index (χ1n) is 3.47. The highest BCUT2D eigenvalue weighted by molar-refractivity contribution is 7.10. The Morgan fingerprint density at radius 2 is 2.45 bits per heavy atom. The second-order valence-corrected chi connectivity index (χ2v) is 3.38. The van der Waals surface area contributed by atoms with Crippen LogP contribution in [0.1, 0.15) is 10.4 Å². The molecule has 11 heavy (non-hydrogen) atoms. The Balaban J connectivity index is 2.64. The number of hydrogen-bond acceptors (Lipinski definition) is 2. The Morgan fingerprint density at radius 1 is 1.73 bits per heavy atom. The quantitative estimate of drug-likeness (QED) is 0.711. The molecule has 0 fully saturated rings. The maximum atomic E-state index is 10.9. The third-order valence-corrected chi connectivity index (χ3v) is 2.59. The first-order chi connectivity index (χ1) is 5.24. The lowest BCUT2D eigenvalue weighted by atomic mass is 10.2. The number of likely N-dealkylation sites (N-methyl/N-ethyl adjacent to an activating group) is 1. The number of rotatable bonds is 2. The highest BCUT2D eigenvalue weighted by Gasteiger charge is 2.03. The van der Waals surface area contributed by atoms with Crippen LogP contribution in [-0.2, 0) is 11.2 Å². The van der Waals surface area contributed by atoms with E-state index in [1.165, 1.54) is 5.56 Å². The van der Waals surface area contributed by atoms with Gasteiger partial charge in [-0.2, -0.15) is 0 Å². The van der Waals surface area contributed by atoms with Gasteiger partial charge in [-0.3, -0.25) is 4.79 Å². The molecule has 0 bridgehead atoms. The molecule has 60 valence electrons. The fourth-order valence-electron chi connectivity index (χ4n) is 0.819. The fraction of sp³-hybridized carbons (Fsp3) is 0.375. The summed E-state index contributed by atoms with van der Waals surface area (Å²) in [5.74, 6) is 0.0792. The van der Waals surface area contributed by atoms with Crippen LogP contribution in [0.3, 0.4) is 0 Å². The van der Waals surface area contributed by atoms with Gasteiger partial charge in [-0.1, -0.05) is 0 Å². The first kappa shape index (κ1) is 8.27. The zero-order chi connectivity index (χ0) is 8.27. The fourth-order valence-corrected chi connectivity index (χ4v) is 1.72. The van der Waals surface area contributed by atoms with Gasteiger partial charge >= 0.3 is 0 Å². The normalized spacial score (nSPS) is 9.64. The molecule has 0 saturated heterocycles. The number of carbonyl (C=O) groups is 1. The predicted molar refractivity (Wildman–Crippen MR) is 46.8 cm³/mol. The molecule has 1 aromatic heterocycles. The van der Waals surface area contributed by atoms with E-state index in [4.69, 9.17) is 0 Å². The Hall–Kier alpha value is -0.830. The molecule has 0 aliphatic carbocycles. The summed E-state index contributed by atoms with van der Waals surface area (Å²) in [6.45, 7) is 2.02. The molecule has 1 amide bonds. The number of aryl methyl sites for hydroxylation is 1. The zero-order valence-electron chi connectivity index (χ0n) is 6.68. The monoisotopic (exact) mass is 169 g/mol. The van der Waals surface area contributed by atoms with Crippen LogP contribution in [0.4, 0.5) is 0 Å². The number of nitrogens with one attached hydrogen (secondary N) is 1. The second kappa shape index (κ2) is 3.53. The van der Waals surface area contributed by atoms with Crippen molar-refractivity contribution in [3.8, 4) is 0 Å². The van der Waals surface area contributed by atoms with Gasteiger partial charge in [-0.25, -0.2) is 0 Å². The Kier molecular flexibility index (Phi) is 2.65. The van der Waals surface area contributed by atoms with Gasteiger partial charge in [-0.15, -0.1) is 11.3 Å². The summed E-state index contributed by atoms with van der Waals surface area (Å²) in [6, 6.07) is 2.03. The molecule has 0 spiro atoms. The van der Waals surface area contributed by atoms with Crippen LogP contribution in [-0.4, -0.2) is 13.0 Å². The van der Waals surface area contributed by atoms with Crippen molar-refractivity contribution in [2.24, 2.45) is 0 Å². The summed E-state index contributed by atoms with van der Waals surface area (Å²) in [7, 11) is 1.66. The second-order valence-electron chi connectivity index (χ2n) is 2.38. The third-order valence-electron chi connectivity index (χ3n) is 1.57. The predicted octanol–water partition coefficient (Wildman–Crippen LogP) is 1.35. The zero-order valence-corrected chi connectivity index (χ0v) is 7.49. The van der Waals surface area contributed by atoms with E-state index in [0.29, 0.717) is 6.42 Å². The minimum Gasteiger partial charge on any atom is -0.359 e. The van der Waals surface area contributed by atoms with Crippen molar-refractivity contribution >= 4 is 17.2 Å². The van der Waals surface area contributed by atoms with Crippen molar-refractivity contribution in [2.75, 3.05) is 7.05 Å². The molecular formula is C8H11NOS. The largest absolute Gasteiger partial charge is 0.359 e. The van der Waals surface area contributed by atoms with Gasteiger partial charge < -0.3 is 5.32 Å². The number of thiophene rings is 1. The van der Waals surface area contributed by atoms with Gasteiger partial charge in [0.15, 0.2) is 0 Å².